The number of halogens is 1. The van der Waals surface area contributed by atoms with Gasteiger partial charge in [-0.15, -0.1) is 10.2 Å². The van der Waals surface area contributed by atoms with E-state index in [0.29, 0.717) is 0 Å². The van der Waals surface area contributed by atoms with Gasteiger partial charge in [-0.1, -0.05) is 55.1 Å². The second kappa shape index (κ2) is 7.38. The largest absolute Gasteiger partial charge is 0.207 e. The van der Waals surface area contributed by atoms with Crippen LogP contribution in [0.4, 0.5) is 4.39 Å². The predicted octanol–water partition coefficient (Wildman–Crippen LogP) is 5.14. The Morgan fingerprint density at radius 1 is 0.826 bits per heavy atom. The zero-order valence-corrected chi connectivity index (χ0v) is 13.7. The topological polar surface area (TPSA) is 25.8 Å². The summed E-state index contributed by atoms with van der Waals surface area (Å²) < 4.78 is 12.9. The first-order valence-corrected chi connectivity index (χ1v) is 8.53. The Bertz CT molecular complexity index is 753. The molecule has 1 heterocycles. The number of hydrogen-bond donors (Lipinski definition) is 0. The maximum Gasteiger partial charge on any atom is 0.123 e. The number of aromatic nitrogens is 2. The zero-order chi connectivity index (χ0) is 16.1. The van der Waals surface area contributed by atoms with Crippen LogP contribution in [-0.2, 0) is 12.2 Å². The smallest absolute Gasteiger partial charge is 0.123 e. The molecule has 1 aromatic heterocycles. The van der Waals surface area contributed by atoms with E-state index in [1.54, 1.807) is 23.9 Å². The molecule has 2 nitrogen and oxygen atoms in total. The number of aryl methyl sites for hydroxylation is 1. The lowest BCUT2D eigenvalue weighted by molar-refractivity contribution is 0.627. The number of nitrogens with zero attached hydrogens (tertiary/aromatic N) is 2. The molecular formula is C19H17FN2S. The van der Waals surface area contributed by atoms with Crippen LogP contribution in [0.5, 0.6) is 0 Å². The Hall–Kier alpha value is -2.20. The van der Waals surface area contributed by atoms with Gasteiger partial charge in [-0.25, -0.2) is 4.39 Å². The third kappa shape index (κ3) is 4.17. The summed E-state index contributed by atoms with van der Waals surface area (Å²) in [4.78, 5) is 0. The van der Waals surface area contributed by atoms with E-state index in [4.69, 9.17) is 0 Å². The predicted molar refractivity (Wildman–Crippen MR) is 92.8 cm³/mol. The molecule has 0 aliphatic rings. The molecule has 3 aromatic rings. The highest BCUT2D eigenvalue weighted by Crippen LogP contribution is 2.23. The lowest BCUT2D eigenvalue weighted by Crippen LogP contribution is -1.90. The summed E-state index contributed by atoms with van der Waals surface area (Å²) in [6, 6.07) is 18.9. The third-order valence-corrected chi connectivity index (χ3v) is 4.59. The van der Waals surface area contributed by atoms with Gasteiger partial charge >= 0.3 is 0 Å². The normalized spacial score (nSPS) is 10.7. The maximum atomic E-state index is 12.9. The van der Waals surface area contributed by atoms with E-state index in [1.165, 1.54) is 17.7 Å². The van der Waals surface area contributed by atoms with E-state index in [2.05, 4.69) is 41.4 Å². The second-order valence-electron chi connectivity index (χ2n) is 5.22. The van der Waals surface area contributed by atoms with Gasteiger partial charge < -0.3 is 0 Å². The van der Waals surface area contributed by atoms with Crippen LogP contribution in [0.15, 0.2) is 65.7 Å². The average molecular weight is 324 g/mol. The van der Waals surface area contributed by atoms with Gasteiger partial charge in [0.05, 0.1) is 5.69 Å². The van der Waals surface area contributed by atoms with Crippen LogP contribution in [0.1, 0.15) is 18.1 Å². The van der Waals surface area contributed by atoms with Gasteiger partial charge in [0.1, 0.15) is 10.8 Å². The summed E-state index contributed by atoms with van der Waals surface area (Å²) in [7, 11) is 0. The fourth-order valence-electron chi connectivity index (χ4n) is 2.20. The van der Waals surface area contributed by atoms with Crippen LogP contribution in [0.3, 0.4) is 0 Å². The van der Waals surface area contributed by atoms with Gasteiger partial charge in [-0.2, -0.15) is 0 Å². The van der Waals surface area contributed by atoms with Crippen molar-refractivity contribution < 1.29 is 4.39 Å². The second-order valence-corrected chi connectivity index (χ2v) is 6.22. The number of thioether (sulfide) groups is 1. The summed E-state index contributed by atoms with van der Waals surface area (Å²) in [5.74, 6) is 0.538. The molecule has 0 fully saturated rings. The highest BCUT2D eigenvalue weighted by atomic mass is 32.2. The molecule has 0 saturated carbocycles. The summed E-state index contributed by atoms with van der Waals surface area (Å²) in [5.41, 5.74) is 4.33. The van der Waals surface area contributed by atoms with Crippen molar-refractivity contribution in [1.29, 1.82) is 0 Å². The van der Waals surface area contributed by atoms with Crippen molar-refractivity contribution in [3.05, 3.63) is 77.6 Å². The monoisotopic (exact) mass is 324 g/mol. The van der Waals surface area contributed by atoms with Gasteiger partial charge in [0, 0.05) is 11.3 Å². The first-order valence-electron chi connectivity index (χ1n) is 7.55. The maximum absolute atomic E-state index is 12.9. The minimum Gasteiger partial charge on any atom is -0.207 e. The van der Waals surface area contributed by atoms with Crippen molar-refractivity contribution in [2.45, 2.75) is 24.1 Å². The molecule has 0 radical (unpaired) electrons. The van der Waals surface area contributed by atoms with Crippen LogP contribution in [0, 0.1) is 5.82 Å². The SMILES string of the molecule is CCc1ccc(-c2ccc(SCc3ccc(F)cc3)nn2)cc1. The van der Waals surface area contributed by atoms with Gasteiger partial charge in [0.15, 0.2) is 0 Å². The Kier molecular flexibility index (Phi) is 5.03. The molecule has 0 unspecified atom stereocenters. The van der Waals surface area contributed by atoms with Crippen LogP contribution >= 0.6 is 11.8 Å². The molecule has 0 aliphatic heterocycles. The van der Waals surface area contributed by atoms with Crippen LogP contribution in [0.2, 0.25) is 0 Å². The molecule has 0 spiro atoms. The molecule has 2 aromatic carbocycles. The van der Waals surface area contributed by atoms with E-state index in [-0.39, 0.29) is 5.82 Å². The molecule has 0 aliphatic carbocycles. The Labute approximate surface area is 139 Å². The number of rotatable bonds is 5. The number of hydrogen-bond acceptors (Lipinski definition) is 3. The van der Waals surface area contributed by atoms with E-state index in [0.717, 1.165) is 34.0 Å². The third-order valence-electron chi connectivity index (χ3n) is 3.60. The van der Waals surface area contributed by atoms with E-state index >= 15 is 0 Å². The van der Waals surface area contributed by atoms with Crippen molar-refractivity contribution in [2.24, 2.45) is 0 Å². The van der Waals surface area contributed by atoms with Gasteiger partial charge in [0.2, 0.25) is 0 Å². The van der Waals surface area contributed by atoms with Crippen LogP contribution in [0.25, 0.3) is 11.3 Å². The summed E-state index contributed by atoms with van der Waals surface area (Å²) >= 11 is 1.59. The summed E-state index contributed by atoms with van der Waals surface area (Å²) in [5, 5.41) is 9.43. The quantitative estimate of drug-likeness (QED) is 0.608. The molecule has 0 amide bonds. The zero-order valence-electron chi connectivity index (χ0n) is 12.9. The molecule has 4 heteroatoms. The van der Waals surface area contributed by atoms with Crippen molar-refractivity contribution in [2.75, 3.05) is 0 Å². The molecule has 0 N–H and O–H groups in total. The average Bonchev–Trinajstić information content (AvgIpc) is 2.62. The molecular weight excluding hydrogens is 307 g/mol. The van der Waals surface area contributed by atoms with E-state index in [1.807, 2.05) is 12.1 Å². The molecule has 0 atom stereocenters. The number of benzene rings is 2. The Morgan fingerprint density at radius 2 is 1.52 bits per heavy atom. The van der Waals surface area contributed by atoms with Crippen molar-refractivity contribution in [3.63, 3.8) is 0 Å². The van der Waals surface area contributed by atoms with Gasteiger partial charge in [-0.05, 0) is 41.8 Å². The van der Waals surface area contributed by atoms with Crippen molar-refractivity contribution >= 4 is 11.8 Å². The van der Waals surface area contributed by atoms with E-state index < -0.39 is 0 Å². The first kappa shape index (κ1) is 15.7. The van der Waals surface area contributed by atoms with Crippen LogP contribution < -0.4 is 0 Å². The van der Waals surface area contributed by atoms with Crippen LogP contribution in [-0.4, -0.2) is 10.2 Å². The lowest BCUT2D eigenvalue weighted by atomic mass is 10.1. The lowest BCUT2D eigenvalue weighted by Gasteiger charge is -2.04. The molecule has 23 heavy (non-hydrogen) atoms. The fourth-order valence-corrected chi connectivity index (χ4v) is 2.97. The Morgan fingerprint density at radius 3 is 2.13 bits per heavy atom. The minimum absolute atomic E-state index is 0.211. The highest BCUT2D eigenvalue weighted by molar-refractivity contribution is 7.98. The molecule has 0 saturated heterocycles. The molecule has 0 bridgehead atoms. The van der Waals surface area contributed by atoms with Gasteiger partial charge in [-0.3, -0.25) is 0 Å². The molecule has 116 valence electrons. The van der Waals surface area contributed by atoms with Crippen molar-refractivity contribution in [3.8, 4) is 11.3 Å². The molecule has 3 rings (SSSR count). The Balaban J connectivity index is 1.65. The highest BCUT2D eigenvalue weighted by Gasteiger charge is 2.03. The summed E-state index contributed by atoms with van der Waals surface area (Å²) in [6.07, 6.45) is 1.03. The fraction of sp³-hybridized carbons (Fsp3) is 0.158. The summed E-state index contributed by atoms with van der Waals surface area (Å²) in [6.45, 7) is 2.14. The van der Waals surface area contributed by atoms with Crippen molar-refractivity contribution in [1.82, 2.24) is 10.2 Å². The minimum atomic E-state index is -0.211. The standard InChI is InChI=1S/C19H17FN2S/c1-2-14-3-7-16(8-4-14)18-11-12-19(22-21-18)23-13-15-5-9-17(20)10-6-15/h3-12H,2,13H2,1H3. The van der Waals surface area contributed by atoms with E-state index in [9.17, 15) is 4.39 Å². The van der Waals surface area contributed by atoms with Gasteiger partial charge in [0.25, 0.3) is 0 Å². The first-order chi connectivity index (χ1) is 11.2.